The molecular weight excluding hydrogens is 368 g/mol. The number of ether oxygens (including phenoxy) is 2. The van der Waals surface area contributed by atoms with Crippen LogP contribution in [0.25, 0.3) is 6.08 Å². The summed E-state index contributed by atoms with van der Waals surface area (Å²) in [6.45, 7) is 0.259. The van der Waals surface area contributed by atoms with Gasteiger partial charge < -0.3 is 19.9 Å². The summed E-state index contributed by atoms with van der Waals surface area (Å²) in [6.07, 6.45) is 1.66. The number of hydrogen-bond acceptors (Lipinski definition) is 5. The quantitative estimate of drug-likeness (QED) is 0.519. The van der Waals surface area contributed by atoms with Gasteiger partial charge in [-0.3, -0.25) is 10.1 Å². The predicted octanol–water partition coefficient (Wildman–Crippen LogP) is 2.32. The number of carbonyl (C=O) groups excluding carboxylic acids is 1. The Hall–Kier alpha value is -3.39. The topological polar surface area (TPSA) is 96.9 Å². The Morgan fingerprint density at radius 1 is 1.15 bits per heavy atom. The molecule has 2 aromatic carbocycles. The minimum atomic E-state index is -0.972. The van der Waals surface area contributed by atoms with Crippen LogP contribution in [0.15, 0.2) is 48.2 Å². The van der Waals surface area contributed by atoms with Crippen molar-refractivity contribution in [3.8, 4) is 11.5 Å². The first kappa shape index (κ1) is 18.4. The van der Waals surface area contributed by atoms with E-state index in [4.69, 9.17) is 26.8 Å². The molecule has 3 rings (SSSR count). The smallest absolute Gasteiger partial charge is 0.335 e. The van der Waals surface area contributed by atoms with Crippen LogP contribution < -0.4 is 20.1 Å². The van der Waals surface area contributed by atoms with Crippen molar-refractivity contribution in [3.05, 3.63) is 64.9 Å². The number of aromatic carboxylic acids is 1. The number of carboxylic acid groups (broad SMARTS) is 1. The molecule has 0 unspecified atom stereocenters. The summed E-state index contributed by atoms with van der Waals surface area (Å²) in [7, 11) is 1.52. The number of carboxylic acids is 1. The highest BCUT2D eigenvalue weighted by Crippen LogP contribution is 2.29. The van der Waals surface area contributed by atoms with E-state index in [1.807, 2.05) is 0 Å². The van der Waals surface area contributed by atoms with Gasteiger partial charge in [-0.2, -0.15) is 0 Å². The van der Waals surface area contributed by atoms with E-state index in [1.165, 1.54) is 19.2 Å². The summed E-state index contributed by atoms with van der Waals surface area (Å²) < 4.78 is 11.1. The summed E-state index contributed by atoms with van der Waals surface area (Å²) in [4.78, 5) is 22.6. The first-order valence-corrected chi connectivity index (χ1v) is 8.34. The van der Waals surface area contributed by atoms with E-state index in [9.17, 15) is 9.59 Å². The lowest BCUT2D eigenvalue weighted by Crippen LogP contribution is -2.21. The molecule has 1 saturated heterocycles. The van der Waals surface area contributed by atoms with Gasteiger partial charge in [-0.15, -0.1) is 0 Å². The molecule has 0 radical (unpaired) electrons. The van der Waals surface area contributed by atoms with Gasteiger partial charge in [0, 0.05) is 0 Å². The number of rotatable bonds is 6. The van der Waals surface area contributed by atoms with Crippen molar-refractivity contribution >= 4 is 35.3 Å². The Bertz CT molecular complexity index is 938. The van der Waals surface area contributed by atoms with Gasteiger partial charge in [0.2, 0.25) is 0 Å². The second-order valence-electron chi connectivity index (χ2n) is 5.67. The summed E-state index contributed by atoms with van der Waals surface area (Å²) >= 11 is 4.90. The zero-order valence-corrected chi connectivity index (χ0v) is 15.1. The lowest BCUT2D eigenvalue weighted by Gasteiger charge is -2.12. The normalized spacial score (nSPS) is 14.6. The lowest BCUT2D eigenvalue weighted by molar-refractivity contribution is -0.115. The average molecular weight is 384 g/mol. The van der Waals surface area contributed by atoms with Crippen LogP contribution in [0.4, 0.5) is 0 Å². The summed E-state index contributed by atoms with van der Waals surface area (Å²) in [5.41, 5.74) is 2.15. The predicted molar refractivity (Wildman–Crippen MR) is 103 cm³/mol. The van der Waals surface area contributed by atoms with E-state index in [2.05, 4.69) is 10.6 Å². The molecule has 0 saturated carbocycles. The fraction of sp³-hybridized carbons (Fsp3) is 0.105. The number of nitrogens with one attached hydrogen (secondary N) is 2. The standard InChI is InChI=1S/C19H16N2O5S/c1-25-16-9-12(8-14-17(22)21-19(27)20-14)4-7-15(16)26-10-11-2-5-13(6-3-11)18(23)24/h2-9H,10H2,1H3,(H,23,24)(H2,20,21,22,27). The molecule has 0 aromatic heterocycles. The fourth-order valence-corrected chi connectivity index (χ4v) is 2.65. The van der Waals surface area contributed by atoms with Crippen molar-refractivity contribution in [1.29, 1.82) is 0 Å². The number of amides is 1. The van der Waals surface area contributed by atoms with Crippen molar-refractivity contribution in [2.75, 3.05) is 7.11 Å². The average Bonchev–Trinajstić information content (AvgIpc) is 2.97. The largest absolute Gasteiger partial charge is 0.493 e. The van der Waals surface area contributed by atoms with Crippen LogP contribution in [0.3, 0.4) is 0 Å². The number of carbonyl (C=O) groups is 2. The van der Waals surface area contributed by atoms with Crippen LogP contribution in [0.1, 0.15) is 21.5 Å². The number of benzene rings is 2. The van der Waals surface area contributed by atoms with E-state index < -0.39 is 5.97 Å². The Labute approximate surface area is 160 Å². The molecule has 138 valence electrons. The maximum Gasteiger partial charge on any atom is 0.335 e. The molecule has 0 aliphatic carbocycles. The first-order valence-electron chi connectivity index (χ1n) is 7.93. The van der Waals surface area contributed by atoms with E-state index in [0.717, 1.165) is 11.1 Å². The molecule has 2 aromatic rings. The summed E-state index contributed by atoms with van der Waals surface area (Å²) in [5.74, 6) is -0.224. The van der Waals surface area contributed by atoms with E-state index in [-0.39, 0.29) is 23.2 Å². The minimum Gasteiger partial charge on any atom is -0.493 e. The number of thiocarbonyl (C=S) groups is 1. The van der Waals surface area contributed by atoms with E-state index in [1.54, 1.807) is 36.4 Å². The van der Waals surface area contributed by atoms with E-state index in [0.29, 0.717) is 17.2 Å². The zero-order chi connectivity index (χ0) is 19.4. The molecule has 27 heavy (non-hydrogen) atoms. The monoisotopic (exact) mass is 384 g/mol. The van der Waals surface area contributed by atoms with Crippen LogP contribution in [-0.2, 0) is 11.4 Å². The van der Waals surface area contributed by atoms with Crippen molar-refractivity contribution in [3.63, 3.8) is 0 Å². The van der Waals surface area contributed by atoms with Crippen molar-refractivity contribution in [2.45, 2.75) is 6.61 Å². The fourth-order valence-electron chi connectivity index (χ4n) is 2.45. The first-order chi connectivity index (χ1) is 13.0. The van der Waals surface area contributed by atoms with Gasteiger partial charge in [0.15, 0.2) is 16.6 Å². The van der Waals surface area contributed by atoms with Gasteiger partial charge in [-0.1, -0.05) is 18.2 Å². The molecule has 1 amide bonds. The van der Waals surface area contributed by atoms with Crippen LogP contribution in [0.5, 0.6) is 11.5 Å². The summed E-state index contributed by atoms with van der Waals surface area (Å²) in [5, 5.41) is 14.5. The third-order valence-electron chi connectivity index (χ3n) is 3.81. The molecule has 7 nitrogen and oxygen atoms in total. The maximum absolute atomic E-state index is 11.7. The molecule has 0 spiro atoms. The van der Waals surface area contributed by atoms with Crippen LogP contribution in [0.2, 0.25) is 0 Å². The van der Waals surface area contributed by atoms with Gasteiger partial charge in [-0.05, 0) is 53.7 Å². The second kappa shape index (κ2) is 7.88. The van der Waals surface area contributed by atoms with Crippen molar-refractivity contribution in [1.82, 2.24) is 10.6 Å². The summed E-state index contributed by atoms with van der Waals surface area (Å²) in [6, 6.07) is 11.7. The third kappa shape index (κ3) is 4.42. The van der Waals surface area contributed by atoms with Gasteiger partial charge in [-0.25, -0.2) is 4.79 Å². The Morgan fingerprint density at radius 3 is 2.48 bits per heavy atom. The van der Waals surface area contributed by atoms with Gasteiger partial charge in [0.1, 0.15) is 12.3 Å². The molecule has 0 atom stereocenters. The highest BCUT2D eigenvalue weighted by molar-refractivity contribution is 7.80. The third-order valence-corrected chi connectivity index (χ3v) is 4.02. The molecule has 0 bridgehead atoms. The van der Waals surface area contributed by atoms with E-state index >= 15 is 0 Å². The molecule has 1 heterocycles. The molecule has 1 aliphatic heterocycles. The zero-order valence-electron chi connectivity index (χ0n) is 14.3. The Kier molecular flexibility index (Phi) is 5.37. The Morgan fingerprint density at radius 2 is 1.89 bits per heavy atom. The molecule has 8 heteroatoms. The SMILES string of the molecule is COc1cc(C=C2NC(=S)NC2=O)ccc1OCc1ccc(C(=O)O)cc1. The lowest BCUT2D eigenvalue weighted by atomic mass is 10.1. The molecule has 1 aliphatic rings. The number of hydrogen-bond donors (Lipinski definition) is 3. The van der Waals surface area contributed by atoms with Crippen molar-refractivity contribution in [2.24, 2.45) is 0 Å². The van der Waals surface area contributed by atoms with Gasteiger partial charge in [0.05, 0.1) is 12.7 Å². The van der Waals surface area contributed by atoms with Gasteiger partial charge >= 0.3 is 5.97 Å². The Balaban J connectivity index is 1.73. The van der Waals surface area contributed by atoms with Crippen LogP contribution in [-0.4, -0.2) is 29.2 Å². The number of methoxy groups -OCH3 is 1. The van der Waals surface area contributed by atoms with Crippen molar-refractivity contribution < 1.29 is 24.2 Å². The minimum absolute atomic E-state index is 0.220. The van der Waals surface area contributed by atoms with Gasteiger partial charge in [0.25, 0.3) is 5.91 Å². The molecular formula is C19H16N2O5S. The molecule has 1 fully saturated rings. The highest BCUT2D eigenvalue weighted by atomic mass is 32.1. The van der Waals surface area contributed by atoms with Crippen LogP contribution in [0, 0.1) is 0 Å². The highest BCUT2D eigenvalue weighted by Gasteiger charge is 2.20. The molecule has 3 N–H and O–H groups in total. The van der Waals surface area contributed by atoms with Crippen LogP contribution >= 0.6 is 12.2 Å². The maximum atomic E-state index is 11.7. The second-order valence-corrected chi connectivity index (χ2v) is 6.08.